The number of nitrogen functional groups attached to an aromatic ring is 1. The van der Waals surface area contributed by atoms with Crippen LogP contribution >= 0.6 is 0 Å². The van der Waals surface area contributed by atoms with E-state index in [1.54, 1.807) is 4.90 Å². The fourth-order valence-electron chi connectivity index (χ4n) is 2.00. The molecule has 0 amide bonds. The third-order valence-electron chi connectivity index (χ3n) is 2.96. The van der Waals surface area contributed by atoms with Crippen LogP contribution in [0.15, 0.2) is 0 Å². The van der Waals surface area contributed by atoms with Crippen LogP contribution in [0.25, 0.3) is 0 Å². The number of hydrogen-bond acceptors (Lipinski definition) is 7. The molecule has 1 aliphatic carbocycles. The number of hydrazine groups is 1. The minimum atomic E-state index is 0.210. The maximum Gasteiger partial charge on any atom is 0.323 e. The second-order valence-corrected chi connectivity index (χ2v) is 4.66. The van der Waals surface area contributed by atoms with Crippen molar-refractivity contribution in [2.24, 2.45) is 5.84 Å². The second kappa shape index (κ2) is 5.81. The van der Waals surface area contributed by atoms with Crippen LogP contribution in [-0.4, -0.2) is 35.2 Å². The first kappa shape index (κ1) is 12.8. The summed E-state index contributed by atoms with van der Waals surface area (Å²) < 4.78 is 5.80. The smallest absolute Gasteiger partial charge is 0.323 e. The molecular weight excluding hydrogens is 232 g/mol. The summed E-state index contributed by atoms with van der Waals surface area (Å²) in [6.07, 6.45) is 6.04. The summed E-state index contributed by atoms with van der Waals surface area (Å²) >= 11 is 0. The van der Waals surface area contributed by atoms with Crippen molar-refractivity contribution in [3.63, 3.8) is 0 Å². The molecule has 7 nitrogen and oxygen atoms in total. The maximum atomic E-state index is 5.80. The van der Waals surface area contributed by atoms with Gasteiger partial charge in [0.1, 0.15) is 6.10 Å². The molecule has 0 bridgehead atoms. The molecule has 0 unspecified atom stereocenters. The number of nitrogens with two attached hydrogens (primary N) is 1. The molecule has 1 heterocycles. The molecule has 1 saturated carbocycles. The van der Waals surface area contributed by atoms with Gasteiger partial charge in [-0.3, -0.25) is 5.43 Å². The van der Waals surface area contributed by atoms with E-state index >= 15 is 0 Å². The Morgan fingerprint density at radius 1 is 1.17 bits per heavy atom. The highest BCUT2D eigenvalue weighted by Gasteiger charge is 2.17. The maximum absolute atomic E-state index is 5.80. The Labute approximate surface area is 107 Å². The number of anilines is 2. The van der Waals surface area contributed by atoms with Crippen molar-refractivity contribution in [1.29, 1.82) is 0 Å². The molecule has 0 saturated heterocycles. The van der Waals surface area contributed by atoms with Gasteiger partial charge in [0.2, 0.25) is 11.9 Å². The monoisotopic (exact) mass is 252 g/mol. The van der Waals surface area contributed by atoms with Crippen LogP contribution in [0.4, 0.5) is 11.9 Å². The highest BCUT2D eigenvalue weighted by Crippen LogP contribution is 2.22. The lowest BCUT2D eigenvalue weighted by atomic mass is 9.98. The molecule has 1 aromatic heterocycles. The van der Waals surface area contributed by atoms with Crippen molar-refractivity contribution >= 4 is 11.9 Å². The van der Waals surface area contributed by atoms with Crippen molar-refractivity contribution in [2.75, 3.05) is 24.4 Å². The zero-order chi connectivity index (χ0) is 13.0. The van der Waals surface area contributed by atoms with Crippen molar-refractivity contribution in [3.8, 4) is 6.01 Å². The number of ether oxygens (including phenoxy) is 1. The first-order chi connectivity index (χ1) is 8.69. The van der Waals surface area contributed by atoms with Gasteiger partial charge < -0.3 is 9.64 Å². The Bertz CT molecular complexity index is 391. The van der Waals surface area contributed by atoms with Crippen molar-refractivity contribution in [3.05, 3.63) is 0 Å². The summed E-state index contributed by atoms with van der Waals surface area (Å²) in [5.41, 5.74) is 2.43. The Morgan fingerprint density at radius 2 is 1.89 bits per heavy atom. The van der Waals surface area contributed by atoms with E-state index in [1.807, 2.05) is 14.1 Å². The van der Waals surface area contributed by atoms with Gasteiger partial charge in [-0.15, -0.1) is 0 Å². The molecule has 0 aliphatic heterocycles. The standard InChI is InChI=1S/C11H20N6O/c1-17(2)10-13-9(16-12)14-11(15-10)18-8-6-4-3-5-7-8/h8H,3-7,12H2,1-2H3,(H,13,14,15,16). The highest BCUT2D eigenvalue weighted by atomic mass is 16.5. The van der Waals surface area contributed by atoms with E-state index in [1.165, 1.54) is 19.3 Å². The van der Waals surface area contributed by atoms with E-state index in [-0.39, 0.29) is 6.10 Å². The normalized spacial score (nSPS) is 16.4. The average Bonchev–Trinajstić information content (AvgIpc) is 2.39. The molecule has 1 aromatic rings. The Morgan fingerprint density at radius 3 is 2.50 bits per heavy atom. The van der Waals surface area contributed by atoms with Gasteiger partial charge in [-0.2, -0.15) is 15.0 Å². The Kier molecular flexibility index (Phi) is 4.14. The fourth-order valence-corrected chi connectivity index (χ4v) is 2.00. The van der Waals surface area contributed by atoms with Gasteiger partial charge >= 0.3 is 6.01 Å². The zero-order valence-electron chi connectivity index (χ0n) is 10.9. The molecule has 18 heavy (non-hydrogen) atoms. The predicted molar refractivity (Wildman–Crippen MR) is 69.5 cm³/mol. The molecule has 0 spiro atoms. The average molecular weight is 252 g/mol. The summed E-state index contributed by atoms with van der Waals surface area (Å²) in [5, 5.41) is 0. The lowest BCUT2D eigenvalue weighted by molar-refractivity contribution is 0.142. The van der Waals surface area contributed by atoms with Gasteiger partial charge in [0.25, 0.3) is 0 Å². The van der Waals surface area contributed by atoms with E-state index in [0.717, 1.165) is 12.8 Å². The summed E-state index contributed by atoms with van der Waals surface area (Å²) in [7, 11) is 3.72. The molecule has 3 N–H and O–H groups in total. The molecule has 0 aromatic carbocycles. The van der Waals surface area contributed by atoms with Crippen LogP contribution in [0.5, 0.6) is 6.01 Å². The molecule has 100 valence electrons. The molecule has 7 heteroatoms. The van der Waals surface area contributed by atoms with Gasteiger partial charge in [-0.1, -0.05) is 6.42 Å². The third kappa shape index (κ3) is 3.19. The highest BCUT2D eigenvalue weighted by molar-refractivity contribution is 5.36. The molecule has 0 radical (unpaired) electrons. The van der Waals surface area contributed by atoms with Crippen LogP contribution in [0.3, 0.4) is 0 Å². The SMILES string of the molecule is CN(C)c1nc(NN)nc(OC2CCCCC2)n1. The number of rotatable bonds is 4. The number of nitrogens with one attached hydrogen (secondary N) is 1. The minimum absolute atomic E-state index is 0.210. The largest absolute Gasteiger partial charge is 0.460 e. The lowest BCUT2D eigenvalue weighted by Crippen LogP contribution is -2.23. The number of hydrogen-bond donors (Lipinski definition) is 2. The third-order valence-corrected chi connectivity index (χ3v) is 2.96. The van der Waals surface area contributed by atoms with Gasteiger partial charge in [0, 0.05) is 14.1 Å². The van der Waals surface area contributed by atoms with E-state index in [0.29, 0.717) is 17.9 Å². The Balaban J connectivity index is 2.12. The molecular formula is C11H20N6O. The summed E-state index contributed by atoms with van der Waals surface area (Å²) in [5.74, 6) is 6.19. The predicted octanol–water partition coefficient (Wildman–Crippen LogP) is 0.935. The number of aromatic nitrogens is 3. The topological polar surface area (TPSA) is 89.2 Å². The molecule has 0 atom stereocenters. The van der Waals surface area contributed by atoms with Gasteiger partial charge in [-0.05, 0) is 25.7 Å². The summed E-state index contributed by atoms with van der Waals surface area (Å²) in [6, 6.07) is 0.341. The van der Waals surface area contributed by atoms with Gasteiger partial charge in [0.05, 0.1) is 0 Å². The summed E-state index contributed by atoms with van der Waals surface area (Å²) in [4.78, 5) is 14.3. The van der Waals surface area contributed by atoms with Crippen LogP contribution in [-0.2, 0) is 0 Å². The zero-order valence-corrected chi connectivity index (χ0v) is 10.9. The van der Waals surface area contributed by atoms with E-state index < -0.39 is 0 Å². The number of nitrogens with zero attached hydrogens (tertiary/aromatic N) is 4. The fraction of sp³-hybridized carbons (Fsp3) is 0.727. The lowest BCUT2D eigenvalue weighted by Gasteiger charge is -2.22. The van der Waals surface area contributed by atoms with Crippen LogP contribution in [0.1, 0.15) is 32.1 Å². The summed E-state index contributed by atoms with van der Waals surface area (Å²) in [6.45, 7) is 0. The van der Waals surface area contributed by atoms with Crippen LogP contribution in [0.2, 0.25) is 0 Å². The van der Waals surface area contributed by atoms with Crippen LogP contribution < -0.4 is 20.9 Å². The van der Waals surface area contributed by atoms with E-state index in [9.17, 15) is 0 Å². The first-order valence-electron chi connectivity index (χ1n) is 6.25. The van der Waals surface area contributed by atoms with Crippen molar-refractivity contribution in [1.82, 2.24) is 15.0 Å². The van der Waals surface area contributed by atoms with Gasteiger partial charge in [-0.25, -0.2) is 5.84 Å². The van der Waals surface area contributed by atoms with Crippen LogP contribution in [0, 0.1) is 0 Å². The van der Waals surface area contributed by atoms with E-state index in [4.69, 9.17) is 10.6 Å². The van der Waals surface area contributed by atoms with Crippen molar-refractivity contribution < 1.29 is 4.74 Å². The Hall–Kier alpha value is -1.63. The molecule has 1 aliphatic rings. The minimum Gasteiger partial charge on any atom is -0.460 e. The van der Waals surface area contributed by atoms with Gasteiger partial charge in [0.15, 0.2) is 0 Å². The quantitative estimate of drug-likeness (QED) is 0.608. The molecule has 2 rings (SSSR count). The second-order valence-electron chi connectivity index (χ2n) is 4.66. The first-order valence-corrected chi connectivity index (χ1v) is 6.25. The molecule has 1 fully saturated rings. The van der Waals surface area contributed by atoms with Crippen molar-refractivity contribution in [2.45, 2.75) is 38.2 Å². The van der Waals surface area contributed by atoms with E-state index in [2.05, 4.69) is 20.4 Å².